The van der Waals surface area contributed by atoms with Gasteiger partial charge in [-0.15, -0.1) is 24.5 Å². The minimum absolute atomic E-state index is 0.233. The molecule has 3 N–H and O–H groups in total. The molecule has 0 spiro atoms. The van der Waals surface area contributed by atoms with Gasteiger partial charge in [-0.25, -0.2) is 23.5 Å². The van der Waals surface area contributed by atoms with Gasteiger partial charge in [-0.3, -0.25) is 0 Å². The Hall–Kier alpha value is -2.94. The van der Waals surface area contributed by atoms with Crippen LogP contribution < -0.4 is 20.1 Å². The van der Waals surface area contributed by atoms with Gasteiger partial charge in [0.25, 0.3) is 0 Å². The van der Waals surface area contributed by atoms with Gasteiger partial charge in [-0.05, 0) is 37.4 Å². The first-order valence-electron chi connectivity index (χ1n) is 10.0. The largest absolute Gasteiger partial charge is 0.573 e. The fourth-order valence-electron chi connectivity index (χ4n) is 3.34. The zero-order valence-corrected chi connectivity index (χ0v) is 19.5. The monoisotopic (exact) mass is 514 g/mol. The number of aromatic nitrogens is 2. The van der Waals surface area contributed by atoms with Crippen LogP contribution in [-0.4, -0.2) is 62.9 Å². The topological polar surface area (TPSA) is 114 Å². The maximum Gasteiger partial charge on any atom is 0.573 e. The molecule has 1 aliphatic heterocycles. The van der Waals surface area contributed by atoms with Crippen LogP contribution in [0.25, 0.3) is 11.3 Å². The van der Waals surface area contributed by atoms with Crippen molar-refractivity contribution < 1.29 is 26.3 Å². The third-order valence-corrected chi connectivity index (χ3v) is 6.79. The molecule has 14 heteroatoms. The number of thiazole rings is 1. The lowest BCUT2D eigenvalue weighted by atomic mass is 10.2. The molecule has 3 aromatic rings. The highest BCUT2D eigenvalue weighted by atomic mass is 32.2. The van der Waals surface area contributed by atoms with Crippen LogP contribution >= 0.6 is 11.3 Å². The van der Waals surface area contributed by atoms with Gasteiger partial charge in [-0.2, -0.15) is 0 Å². The number of benzene rings is 1. The molecule has 0 saturated carbocycles. The van der Waals surface area contributed by atoms with Crippen LogP contribution in [0.15, 0.2) is 46.8 Å². The lowest BCUT2D eigenvalue weighted by Gasteiger charge is -2.33. The van der Waals surface area contributed by atoms with Gasteiger partial charge in [-0.1, -0.05) is 0 Å². The Kier molecular flexibility index (Phi) is 6.66. The predicted molar refractivity (Wildman–Crippen MR) is 123 cm³/mol. The second-order valence-electron chi connectivity index (χ2n) is 7.61. The molecule has 182 valence electrons. The van der Waals surface area contributed by atoms with Gasteiger partial charge < -0.3 is 19.9 Å². The van der Waals surface area contributed by atoms with Crippen molar-refractivity contribution >= 4 is 38.0 Å². The Morgan fingerprint density at radius 1 is 1.15 bits per heavy atom. The summed E-state index contributed by atoms with van der Waals surface area (Å²) in [4.78, 5) is 13.0. The zero-order valence-electron chi connectivity index (χ0n) is 17.9. The van der Waals surface area contributed by atoms with E-state index in [9.17, 15) is 21.6 Å². The normalized spacial score (nSPS) is 15.4. The lowest BCUT2D eigenvalue weighted by molar-refractivity contribution is -0.274. The smallest absolute Gasteiger partial charge is 0.404 e. The molecule has 1 fully saturated rings. The molecule has 4 rings (SSSR count). The summed E-state index contributed by atoms with van der Waals surface area (Å²) in [5, 5.41) is 9.74. The first kappa shape index (κ1) is 24.2. The average molecular weight is 515 g/mol. The zero-order chi connectivity index (χ0) is 24.5. The van der Waals surface area contributed by atoms with E-state index in [1.165, 1.54) is 0 Å². The molecule has 2 aromatic heterocycles. The first-order chi connectivity index (χ1) is 16.0. The molecule has 0 unspecified atom stereocenters. The van der Waals surface area contributed by atoms with Crippen LogP contribution in [0.5, 0.6) is 5.75 Å². The maximum absolute atomic E-state index is 12.8. The number of nitrogens with zero attached hydrogens (tertiary/aromatic N) is 4. The molecule has 9 nitrogen and oxygen atoms in total. The number of alkyl halides is 3. The van der Waals surface area contributed by atoms with Gasteiger partial charge >= 0.3 is 6.36 Å². The van der Waals surface area contributed by atoms with Gasteiger partial charge in [0.1, 0.15) is 5.82 Å². The van der Waals surface area contributed by atoms with Crippen molar-refractivity contribution in [2.75, 3.05) is 43.4 Å². The van der Waals surface area contributed by atoms with E-state index >= 15 is 0 Å². The van der Waals surface area contributed by atoms with E-state index in [2.05, 4.69) is 36.9 Å². The van der Waals surface area contributed by atoms with Crippen molar-refractivity contribution in [2.24, 2.45) is 5.14 Å². The number of ether oxygens (including phenoxy) is 1. The Morgan fingerprint density at radius 3 is 2.50 bits per heavy atom. The van der Waals surface area contributed by atoms with Gasteiger partial charge in [0.2, 0.25) is 10.0 Å². The fraction of sp³-hybridized carbons (Fsp3) is 0.300. The molecule has 0 bridgehead atoms. The number of primary sulfonamides is 1. The quantitative estimate of drug-likeness (QED) is 0.516. The summed E-state index contributed by atoms with van der Waals surface area (Å²) >= 11 is 1.13. The van der Waals surface area contributed by atoms with E-state index in [1.807, 2.05) is 12.1 Å². The van der Waals surface area contributed by atoms with Crippen LogP contribution in [0.4, 0.5) is 29.8 Å². The lowest BCUT2D eigenvalue weighted by Crippen LogP contribution is -2.44. The van der Waals surface area contributed by atoms with E-state index in [0.717, 1.165) is 67.1 Å². The minimum Gasteiger partial charge on any atom is -0.404 e. The minimum atomic E-state index is -4.97. The maximum atomic E-state index is 12.8. The van der Waals surface area contributed by atoms with Crippen molar-refractivity contribution in [3.8, 4) is 17.0 Å². The molecule has 0 radical (unpaired) electrons. The predicted octanol–water partition coefficient (Wildman–Crippen LogP) is 3.25. The van der Waals surface area contributed by atoms with E-state index in [4.69, 9.17) is 5.14 Å². The third-order valence-electron chi connectivity index (χ3n) is 5.12. The van der Waals surface area contributed by atoms with Crippen molar-refractivity contribution in [2.45, 2.75) is 11.3 Å². The number of nitrogens with one attached hydrogen (secondary N) is 1. The second kappa shape index (κ2) is 9.37. The second-order valence-corrected chi connectivity index (χ2v) is 10.0. The molecule has 0 aliphatic carbocycles. The number of sulfonamides is 1. The number of rotatable bonds is 6. The van der Waals surface area contributed by atoms with Gasteiger partial charge in [0, 0.05) is 43.3 Å². The highest BCUT2D eigenvalue weighted by Crippen LogP contribution is 2.36. The summed E-state index contributed by atoms with van der Waals surface area (Å²) in [6.07, 6.45) is -3.28. The average Bonchev–Trinajstić information content (AvgIpc) is 3.22. The number of pyridine rings is 1. The highest BCUT2D eigenvalue weighted by Gasteiger charge is 2.32. The SMILES string of the molecule is CN1CCN(c2ccc(-c3csc(Nc4cc(S(N)(=O)=O)ccc4OC(F)(F)F)n3)cn2)CC1. The number of likely N-dealkylation sites (N-methyl/N-ethyl adjacent to an activating group) is 1. The molecule has 1 saturated heterocycles. The van der Waals surface area contributed by atoms with Crippen LogP contribution in [0.2, 0.25) is 0 Å². The van der Waals surface area contributed by atoms with E-state index in [-0.39, 0.29) is 15.7 Å². The Balaban J connectivity index is 1.54. The van der Waals surface area contributed by atoms with Crippen molar-refractivity contribution in [3.05, 3.63) is 41.9 Å². The summed E-state index contributed by atoms with van der Waals surface area (Å²) < 4.78 is 65.6. The summed E-state index contributed by atoms with van der Waals surface area (Å²) in [6.45, 7) is 3.68. The number of anilines is 3. The number of piperazine rings is 1. The molecular weight excluding hydrogens is 493 g/mol. The summed E-state index contributed by atoms with van der Waals surface area (Å²) in [5.74, 6) is 0.244. The first-order valence-corrected chi connectivity index (χ1v) is 12.5. The Labute approximate surface area is 198 Å². The molecular formula is C20H21F3N6O3S2. The van der Waals surface area contributed by atoms with Crippen molar-refractivity contribution in [3.63, 3.8) is 0 Å². The summed E-state index contributed by atoms with van der Waals surface area (Å²) in [6, 6.07) is 6.55. The van der Waals surface area contributed by atoms with Crippen molar-refractivity contribution in [1.82, 2.24) is 14.9 Å². The number of nitrogens with two attached hydrogens (primary N) is 1. The Morgan fingerprint density at radius 2 is 1.88 bits per heavy atom. The molecule has 1 aromatic carbocycles. The van der Waals surface area contributed by atoms with Crippen LogP contribution in [0, 0.1) is 0 Å². The highest BCUT2D eigenvalue weighted by molar-refractivity contribution is 7.89. The van der Waals surface area contributed by atoms with Crippen LogP contribution in [-0.2, 0) is 10.0 Å². The summed E-state index contributed by atoms with van der Waals surface area (Å²) in [7, 11) is -2.07. The number of hydrogen-bond acceptors (Lipinski definition) is 9. The molecule has 0 atom stereocenters. The van der Waals surface area contributed by atoms with E-state index in [0.29, 0.717) is 5.69 Å². The van der Waals surface area contributed by atoms with Crippen LogP contribution in [0.1, 0.15) is 0 Å². The van der Waals surface area contributed by atoms with E-state index in [1.54, 1.807) is 11.6 Å². The van der Waals surface area contributed by atoms with E-state index < -0.39 is 22.1 Å². The number of halogens is 3. The van der Waals surface area contributed by atoms with Crippen LogP contribution in [0.3, 0.4) is 0 Å². The van der Waals surface area contributed by atoms with Gasteiger partial charge in [0.05, 0.1) is 16.3 Å². The molecule has 34 heavy (non-hydrogen) atoms. The van der Waals surface area contributed by atoms with Crippen molar-refractivity contribution in [1.29, 1.82) is 0 Å². The number of hydrogen-bond donors (Lipinski definition) is 2. The molecule has 1 aliphatic rings. The third kappa shape index (κ3) is 5.94. The fourth-order valence-corrected chi connectivity index (χ4v) is 4.61. The standard InChI is InChI=1S/C20H21F3N6O3S2/c1-28-6-8-29(9-7-28)18-5-2-13(11-25-18)16-12-33-19(27-16)26-15-10-14(34(24,30)31)3-4-17(15)32-20(21,22)23/h2-5,10-12H,6-9H2,1H3,(H,26,27)(H2,24,30,31). The Bertz CT molecular complexity index is 1260. The molecule has 3 heterocycles. The van der Waals surface area contributed by atoms with Gasteiger partial charge in [0.15, 0.2) is 10.9 Å². The summed E-state index contributed by atoms with van der Waals surface area (Å²) in [5.41, 5.74) is 1.05. The molecule has 0 amide bonds.